The molecule has 1 N–H and O–H groups in total. The predicted molar refractivity (Wildman–Crippen MR) is 163 cm³/mol. The van der Waals surface area contributed by atoms with Gasteiger partial charge in [0.15, 0.2) is 6.61 Å². The molecule has 4 unspecified atom stereocenters. The van der Waals surface area contributed by atoms with Gasteiger partial charge in [-0.05, 0) is 118 Å². The van der Waals surface area contributed by atoms with Crippen LogP contribution in [-0.4, -0.2) is 64.2 Å². The highest BCUT2D eigenvalue weighted by atomic mass is 35.5. The molecule has 0 heterocycles. The number of carbonyl (C=O) groups is 6. The first-order chi connectivity index (χ1) is 20.7. The van der Waals surface area contributed by atoms with Gasteiger partial charge in [-0.15, -0.1) is 11.6 Å². The predicted octanol–water partition coefficient (Wildman–Crippen LogP) is 5.30. The van der Waals surface area contributed by atoms with E-state index in [4.69, 9.17) is 25.8 Å². The fourth-order valence-corrected chi connectivity index (χ4v) is 9.08. The highest BCUT2D eigenvalue weighted by Crippen LogP contribution is 2.60. The molecule has 0 saturated heterocycles. The minimum Gasteiger partial charge on any atom is -0.481 e. The lowest BCUT2D eigenvalue weighted by atomic mass is 9.49. The second-order valence-electron chi connectivity index (χ2n) is 16.2. The first-order valence-electron chi connectivity index (χ1n) is 16.2. The van der Waals surface area contributed by atoms with Crippen molar-refractivity contribution >= 4 is 47.0 Å². The summed E-state index contributed by atoms with van der Waals surface area (Å²) in [6, 6.07) is 0. The number of carbonyl (C=O) groups excluding carboxylic acids is 5. The summed E-state index contributed by atoms with van der Waals surface area (Å²) in [5.74, 6) is -0.0529. The average molecular weight is 653 g/mol. The Morgan fingerprint density at radius 3 is 1.42 bits per heavy atom. The van der Waals surface area contributed by atoms with Crippen LogP contribution in [0.1, 0.15) is 106 Å². The molecule has 0 aromatic carbocycles. The van der Waals surface area contributed by atoms with Gasteiger partial charge in [-0.1, -0.05) is 0 Å². The van der Waals surface area contributed by atoms with Crippen molar-refractivity contribution in [1.29, 1.82) is 0 Å². The molecule has 11 heteroatoms. The van der Waals surface area contributed by atoms with Gasteiger partial charge >= 0.3 is 23.9 Å². The fourth-order valence-electron chi connectivity index (χ4n) is 9.02. The molecule has 0 aromatic heterocycles. The molecule has 252 valence electrons. The highest BCUT2D eigenvalue weighted by Gasteiger charge is 2.60. The normalized spacial score (nSPS) is 35.4. The van der Waals surface area contributed by atoms with E-state index < -0.39 is 34.0 Å². The van der Waals surface area contributed by atoms with Gasteiger partial charge in [-0.2, -0.15) is 0 Å². The number of alkyl halides is 1. The van der Waals surface area contributed by atoms with Crippen LogP contribution in [0.15, 0.2) is 0 Å². The molecule has 10 nitrogen and oxygen atoms in total. The number of halogens is 1. The molecule has 4 atom stereocenters. The van der Waals surface area contributed by atoms with Gasteiger partial charge in [-0.3, -0.25) is 24.0 Å². The third kappa shape index (κ3) is 8.27. The lowest BCUT2D eigenvalue weighted by molar-refractivity contribution is -0.181. The number of hydrogen-bond acceptors (Lipinski definition) is 9. The van der Waals surface area contributed by atoms with Crippen molar-refractivity contribution in [1.82, 2.24) is 0 Å². The number of Topliss-reactive ketones (excluding diaryl/α,β-unsaturated/α-hetero) is 2. The van der Waals surface area contributed by atoms with Crippen LogP contribution in [0, 0.1) is 46.3 Å². The first-order valence-corrected chi connectivity index (χ1v) is 16.8. The van der Waals surface area contributed by atoms with E-state index >= 15 is 0 Å². The summed E-state index contributed by atoms with van der Waals surface area (Å²) in [6.45, 7) is 10.4. The van der Waals surface area contributed by atoms with Crippen LogP contribution >= 0.6 is 11.6 Å². The largest absolute Gasteiger partial charge is 0.481 e. The van der Waals surface area contributed by atoms with Crippen LogP contribution in [0.2, 0.25) is 0 Å². The van der Waals surface area contributed by atoms with E-state index in [2.05, 4.69) is 0 Å². The van der Waals surface area contributed by atoms with Crippen molar-refractivity contribution < 1.29 is 48.1 Å². The molecule has 0 radical (unpaired) electrons. The minimum absolute atomic E-state index is 0.0281. The summed E-state index contributed by atoms with van der Waals surface area (Å²) in [4.78, 5) is 69.8. The Kier molecular flexibility index (Phi) is 10.2. The topological polar surface area (TPSA) is 150 Å². The molecule has 8 aliphatic rings. The van der Waals surface area contributed by atoms with Crippen LogP contribution in [0.3, 0.4) is 0 Å². The number of carboxylic acid groups (broad SMARTS) is 1. The van der Waals surface area contributed by atoms with Gasteiger partial charge in [0.1, 0.15) is 28.6 Å². The number of hydrogen-bond donors (Lipinski definition) is 1. The maximum atomic E-state index is 12.5. The Labute approximate surface area is 270 Å². The molecular formula is C34H49ClO10. The summed E-state index contributed by atoms with van der Waals surface area (Å²) < 4.78 is 15.2. The van der Waals surface area contributed by atoms with Crippen LogP contribution in [-0.2, 0) is 43.0 Å². The highest BCUT2D eigenvalue weighted by molar-refractivity contribution is 6.26. The molecule has 45 heavy (non-hydrogen) atoms. The molecule has 8 fully saturated rings. The van der Waals surface area contributed by atoms with E-state index in [1.807, 2.05) is 0 Å². The smallest absolute Gasteiger partial charge is 0.344 e. The summed E-state index contributed by atoms with van der Waals surface area (Å²) >= 11 is 5.18. The number of ether oxygens (including phenoxy) is 3. The zero-order valence-corrected chi connectivity index (χ0v) is 28.2. The molecule has 0 spiro atoms. The molecule has 8 saturated carbocycles. The number of rotatable bonds is 5. The number of aliphatic carboxylic acids is 1. The molecule has 8 aliphatic carbocycles. The SMILES string of the molecule is CC(C)(C)OC(=O)CCl.CC(C)(C)OC(=O)COC(=O)C12CC3CC(C1)C(=O)C(C3)C2.O=C1C2CC3CC1CC(C(=O)O)(C3)C2. The van der Waals surface area contributed by atoms with E-state index in [1.54, 1.807) is 41.5 Å². The van der Waals surface area contributed by atoms with Gasteiger partial charge in [0.25, 0.3) is 0 Å². The van der Waals surface area contributed by atoms with Crippen LogP contribution in [0.5, 0.6) is 0 Å². The summed E-state index contributed by atoms with van der Waals surface area (Å²) in [7, 11) is 0. The van der Waals surface area contributed by atoms with Gasteiger partial charge in [0.05, 0.1) is 10.8 Å². The van der Waals surface area contributed by atoms with Crippen LogP contribution in [0.25, 0.3) is 0 Å². The van der Waals surface area contributed by atoms with Crippen molar-refractivity contribution in [3.8, 4) is 0 Å². The van der Waals surface area contributed by atoms with E-state index in [0.717, 1.165) is 38.5 Å². The maximum Gasteiger partial charge on any atom is 0.344 e. The number of esters is 3. The molecule has 0 aliphatic heterocycles. The third-order valence-electron chi connectivity index (χ3n) is 10.1. The Morgan fingerprint density at radius 1 is 0.689 bits per heavy atom. The zero-order chi connectivity index (χ0) is 33.5. The minimum atomic E-state index is -0.663. The Hall–Kier alpha value is -2.49. The molecule has 0 amide bonds. The fraction of sp³-hybridized carbons (Fsp3) is 0.824. The van der Waals surface area contributed by atoms with E-state index in [9.17, 15) is 33.9 Å². The van der Waals surface area contributed by atoms with Gasteiger partial charge in [-0.25, -0.2) is 4.79 Å². The van der Waals surface area contributed by atoms with Crippen molar-refractivity contribution in [2.45, 2.75) is 117 Å². The Balaban J connectivity index is 0.000000171. The van der Waals surface area contributed by atoms with Gasteiger partial charge < -0.3 is 19.3 Å². The van der Waals surface area contributed by atoms with Crippen molar-refractivity contribution in [3.63, 3.8) is 0 Å². The standard InChI is InChI=1S/C17H24O5.C11H14O3.C6H11ClO2/c1-16(2,3)22-13(18)9-21-15(20)17-6-10-4-11(7-17)14(19)12(5-10)8-17;12-9-7-1-6-2-8(9)5-11(3-6,4-7)10(13)14;1-6(2,3)9-5(8)4-7/h10-12H,4-9H2,1-3H3;6-8H,1-5H2,(H,13,14);4H2,1-3H3. The maximum absolute atomic E-state index is 12.5. The Bertz CT molecular complexity index is 1170. The van der Waals surface area contributed by atoms with Crippen LogP contribution in [0.4, 0.5) is 0 Å². The number of carboxylic acids is 1. The first kappa shape index (κ1) is 35.4. The summed E-state index contributed by atoms with van der Waals surface area (Å²) in [5, 5.41) is 9.25. The van der Waals surface area contributed by atoms with Crippen molar-refractivity contribution in [2.24, 2.45) is 46.3 Å². The molecule has 8 rings (SSSR count). The quantitative estimate of drug-likeness (QED) is 0.235. The Morgan fingerprint density at radius 2 is 1.07 bits per heavy atom. The summed E-state index contributed by atoms with van der Waals surface area (Å²) in [6.07, 6.45) is 7.85. The lowest BCUT2D eigenvalue weighted by Gasteiger charge is -2.53. The molecule has 8 bridgehead atoms. The molecular weight excluding hydrogens is 604 g/mol. The van der Waals surface area contributed by atoms with Gasteiger partial charge in [0, 0.05) is 23.7 Å². The summed E-state index contributed by atoms with van der Waals surface area (Å²) in [5.41, 5.74) is -2.06. The van der Waals surface area contributed by atoms with E-state index in [-0.39, 0.29) is 48.1 Å². The van der Waals surface area contributed by atoms with E-state index in [1.165, 1.54) is 0 Å². The van der Waals surface area contributed by atoms with Crippen molar-refractivity contribution in [2.75, 3.05) is 12.5 Å². The van der Waals surface area contributed by atoms with Crippen LogP contribution < -0.4 is 0 Å². The molecule has 0 aromatic rings. The number of ketones is 2. The average Bonchev–Trinajstić information content (AvgIpc) is 2.91. The van der Waals surface area contributed by atoms with Gasteiger partial charge in [0.2, 0.25) is 0 Å². The monoisotopic (exact) mass is 652 g/mol. The zero-order valence-electron chi connectivity index (χ0n) is 27.4. The van der Waals surface area contributed by atoms with E-state index in [0.29, 0.717) is 49.1 Å². The second-order valence-corrected chi connectivity index (χ2v) is 16.5. The second kappa shape index (κ2) is 13.0. The van der Waals surface area contributed by atoms with Crippen molar-refractivity contribution in [3.05, 3.63) is 0 Å². The lowest BCUT2D eigenvalue weighted by Crippen LogP contribution is -2.55. The third-order valence-corrected chi connectivity index (χ3v) is 10.4.